The highest BCUT2D eigenvalue weighted by atomic mass is 16.3. The van der Waals surface area contributed by atoms with Crippen LogP contribution in [0.2, 0.25) is 0 Å². The summed E-state index contributed by atoms with van der Waals surface area (Å²) in [7, 11) is 1.96. The molecule has 0 bridgehead atoms. The fraction of sp³-hybridized carbons (Fsp3) is 0.625. The molecule has 0 unspecified atom stereocenters. The third-order valence-corrected chi connectivity index (χ3v) is 1.71. The number of aliphatic hydroxyl groups excluding tert-OH is 1. The van der Waals surface area contributed by atoms with Crippen molar-refractivity contribution in [2.75, 3.05) is 0 Å². The minimum atomic E-state index is -0.230. The molecule has 0 saturated heterocycles. The third-order valence-electron chi connectivity index (χ3n) is 1.71. The topological polar surface area (TPSA) is 38.1 Å². The molecule has 1 aromatic heterocycles. The van der Waals surface area contributed by atoms with E-state index in [0.717, 1.165) is 18.7 Å². The smallest absolute Gasteiger partial charge is 0.108 e. The van der Waals surface area contributed by atoms with Crippen LogP contribution in [0.15, 0.2) is 12.4 Å². The summed E-state index contributed by atoms with van der Waals surface area (Å²) in [5.74, 6) is 1.03. The van der Waals surface area contributed by atoms with Crippen LogP contribution in [0.25, 0.3) is 0 Å². The second kappa shape index (κ2) is 3.53. The maximum Gasteiger partial charge on any atom is 0.108 e. The van der Waals surface area contributed by atoms with Crippen LogP contribution < -0.4 is 0 Å². The zero-order valence-corrected chi connectivity index (χ0v) is 6.99. The number of aliphatic hydroxyl groups is 1. The van der Waals surface area contributed by atoms with Crippen molar-refractivity contribution in [3.05, 3.63) is 18.2 Å². The minimum Gasteiger partial charge on any atom is -0.393 e. The zero-order chi connectivity index (χ0) is 8.27. The molecule has 1 N–H and O–H groups in total. The molecule has 11 heavy (non-hydrogen) atoms. The van der Waals surface area contributed by atoms with Gasteiger partial charge >= 0.3 is 0 Å². The SMILES string of the molecule is C[C@H](O)CCc1nccn1C. The van der Waals surface area contributed by atoms with E-state index >= 15 is 0 Å². The van der Waals surface area contributed by atoms with Crippen molar-refractivity contribution in [1.29, 1.82) is 0 Å². The van der Waals surface area contributed by atoms with Gasteiger partial charge in [-0.15, -0.1) is 0 Å². The van der Waals surface area contributed by atoms with E-state index in [1.54, 1.807) is 13.1 Å². The molecule has 1 aromatic rings. The van der Waals surface area contributed by atoms with E-state index in [1.807, 2.05) is 17.8 Å². The van der Waals surface area contributed by atoms with Gasteiger partial charge in [0.05, 0.1) is 6.10 Å². The average Bonchev–Trinajstić information content (AvgIpc) is 2.31. The maximum atomic E-state index is 9.01. The number of hydrogen-bond acceptors (Lipinski definition) is 2. The Morgan fingerprint density at radius 3 is 2.91 bits per heavy atom. The highest BCUT2D eigenvalue weighted by molar-refractivity contribution is 4.91. The molecule has 3 nitrogen and oxygen atoms in total. The summed E-state index contributed by atoms with van der Waals surface area (Å²) in [4.78, 5) is 4.14. The molecule has 1 atom stereocenters. The monoisotopic (exact) mass is 154 g/mol. The minimum absolute atomic E-state index is 0.230. The Hall–Kier alpha value is -0.830. The van der Waals surface area contributed by atoms with Gasteiger partial charge in [-0.25, -0.2) is 4.98 Å². The first kappa shape index (κ1) is 8.27. The Balaban J connectivity index is 2.44. The van der Waals surface area contributed by atoms with Crippen molar-refractivity contribution in [1.82, 2.24) is 9.55 Å². The summed E-state index contributed by atoms with van der Waals surface area (Å²) in [6, 6.07) is 0. The summed E-state index contributed by atoms with van der Waals surface area (Å²) in [5, 5.41) is 9.01. The van der Waals surface area contributed by atoms with E-state index < -0.39 is 0 Å². The lowest BCUT2D eigenvalue weighted by Crippen LogP contribution is -2.05. The van der Waals surface area contributed by atoms with Crippen LogP contribution in [0, 0.1) is 0 Å². The van der Waals surface area contributed by atoms with Crippen molar-refractivity contribution in [3.63, 3.8) is 0 Å². The van der Waals surface area contributed by atoms with Crippen molar-refractivity contribution in [3.8, 4) is 0 Å². The number of hydrogen-bond donors (Lipinski definition) is 1. The van der Waals surface area contributed by atoms with E-state index in [4.69, 9.17) is 5.11 Å². The van der Waals surface area contributed by atoms with Gasteiger partial charge in [-0.2, -0.15) is 0 Å². The molecule has 0 spiro atoms. The summed E-state index contributed by atoms with van der Waals surface area (Å²) >= 11 is 0. The van der Waals surface area contributed by atoms with Crippen LogP contribution in [0.3, 0.4) is 0 Å². The van der Waals surface area contributed by atoms with Gasteiger partial charge in [0.1, 0.15) is 5.82 Å². The van der Waals surface area contributed by atoms with Crippen molar-refractivity contribution in [2.24, 2.45) is 7.05 Å². The predicted molar refractivity (Wildman–Crippen MR) is 43.2 cm³/mol. The van der Waals surface area contributed by atoms with Crippen LogP contribution in [0.5, 0.6) is 0 Å². The van der Waals surface area contributed by atoms with Crippen molar-refractivity contribution in [2.45, 2.75) is 25.9 Å². The van der Waals surface area contributed by atoms with Gasteiger partial charge in [0.15, 0.2) is 0 Å². The summed E-state index contributed by atoms with van der Waals surface area (Å²) < 4.78 is 1.97. The molecular weight excluding hydrogens is 140 g/mol. The lowest BCUT2D eigenvalue weighted by molar-refractivity contribution is 0.184. The highest BCUT2D eigenvalue weighted by Gasteiger charge is 2.00. The number of aromatic nitrogens is 2. The molecule has 0 fully saturated rings. The van der Waals surface area contributed by atoms with Gasteiger partial charge in [-0.05, 0) is 13.3 Å². The van der Waals surface area contributed by atoms with Crippen LogP contribution in [-0.2, 0) is 13.5 Å². The largest absolute Gasteiger partial charge is 0.393 e. The molecule has 3 heteroatoms. The first-order valence-electron chi connectivity index (χ1n) is 3.84. The highest BCUT2D eigenvalue weighted by Crippen LogP contribution is 2.01. The molecule has 0 radical (unpaired) electrons. The first-order valence-corrected chi connectivity index (χ1v) is 3.84. The molecule has 62 valence electrons. The lowest BCUT2D eigenvalue weighted by Gasteiger charge is -2.03. The summed E-state index contributed by atoms with van der Waals surface area (Å²) in [5.41, 5.74) is 0. The molecule has 0 amide bonds. The number of aryl methyl sites for hydroxylation is 2. The van der Waals surface area contributed by atoms with E-state index in [1.165, 1.54) is 0 Å². The van der Waals surface area contributed by atoms with Crippen molar-refractivity contribution < 1.29 is 5.11 Å². The Labute approximate surface area is 66.7 Å². The summed E-state index contributed by atoms with van der Waals surface area (Å²) in [6.45, 7) is 1.79. The van der Waals surface area contributed by atoms with Gasteiger partial charge in [-0.3, -0.25) is 0 Å². The lowest BCUT2D eigenvalue weighted by atomic mass is 10.2. The molecule has 0 aliphatic carbocycles. The second-order valence-corrected chi connectivity index (χ2v) is 2.84. The third kappa shape index (κ3) is 2.35. The molecule has 0 saturated carbocycles. The number of rotatable bonds is 3. The van der Waals surface area contributed by atoms with E-state index in [9.17, 15) is 0 Å². The zero-order valence-electron chi connectivity index (χ0n) is 6.99. The maximum absolute atomic E-state index is 9.01. The Morgan fingerprint density at radius 1 is 1.73 bits per heavy atom. The Kier molecular flexibility index (Phi) is 2.65. The Morgan fingerprint density at radius 2 is 2.45 bits per heavy atom. The van der Waals surface area contributed by atoms with E-state index in [-0.39, 0.29) is 6.10 Å². The Bertz CT molecular complexity index is 218. The van der Waals surface area contributed by atoms with Gasteiger partial charge < -0.3 is 9.67 Å². The van der Waals surface area contributed by atoms with Crippen molar-refractivity contribution >= 4 is 0 Å². The van der Waals surface area contributed by atoms with E-state index in [0.29, 0.717) is 0 Å². The number of imidazole rings is 1. The molecule has 0 aliphatic heterocycles. The van der Waals surface area contributed by atoms with Gasteiger partial charge in [0.25, 0.3) is 0 Å². The standard InChI is InChI=1S/C8H14N2O/c1-7(11)3-4-8-9-5-6-10(8)2/h5-7,11H,3-4H2,1-2H3/t7-/m0/s1. The molecule has 1 rings (SSSR count). The first-order chi connectivity index (χ1) is 5.20. The van der Waals surface area contributed by atoms with Gasteiger partial charge in [-0.1, -0.05) is 0 Å². The second-order valence-electron chi connectivity index (χ2n) is 2.84. The molecule has 0 aliphatic rings. The van der Waals surface area contributed by atoms with Gasteiger partial charge in [0.2, 0.25) is 0 Å². The fourth-order valence-electron chi connectivity index (χ4n) is 0.975. The van der Waals surface area contributed by atoms with Crippen LogP contribution in [0.4, 0.5) is 0 Å². The van der Waals surface area contributed by atoms with E-state index in [2.05, 4.69) is 4.98 Å². The molecular formula is C8H14N2O. The quantitative estimate of drug-likeness (QED) is 0.697. The predicted octanol–water partition coefficient (Wildman–Crippen LogP) is 0.734. The van der Waals surface area contributed by atoms with Crippen LogP contribution in [-0.4, -0.2) is 20.8 Å². The molecule has 0 aromatic carbocycles. The summed E-state index contributed by atoms with van der Waals surface area (Å²) in [6.07, 6.45) is 5.09. The number of nitrogens with zero attached hydrogens (tertiary/aromatic N) is 2. The normalized spacial score (nSPS) is 13.4. The molecule has 1 heterocycles. The van der Waals surface area contributed by atoms with Crippen LogP contribution >= 0.6 is 0 Å². The fourth-order valence-corrected chi connectivity index (χ4v) is 0.975. The van der Waals surface area contributed by atoms with Crippen LogP contribution in [0.1, 0.15) is 19.2 Å². The van der Waals surface area contributed by atoms with Gasteiger partial charge in [0, 0.05) is 25.9 Å². The average molecular weight is 154 g/mol.